The number of nitrogens with one attached hydrogen (secondary N) is 2. The van der Waals surface area contributed by atoms with Gasteiger partial charge in [-0.2, -0.15) is 5.16 Å². The second kappa shape index (κ2) is 7.87. The number of halogens is 2. The van der Waals surface area contributed by atoms with Crippen LogP contribution < -0.4 is 10.9 Å². The maximum Gasteiger partial charge on any atom is 0.300 e. The van der Waals surface area contributed by atoms with Gasteiger partial charge in [0.05, 0.1) is 0 Å². The van der Waals surface area contributed by atoms with Crippen molar-refractivity contribution >= 4 is 5.97 Å². The second-order valence-corrected chi connectivity index (χ2v) is 5.54. The summed E-state index contributed by atoms with van der Waals surface area (Å²) < 4.78 is 31.4. The van der Waals surface area contributed by atoms with Gasteiger partial charge in [-0.1, -0.05) is 6.07 Å². The van der Waals surface area contributed by atoms with Crippen LogP contribution in [0.25, 0.3) is 0 Å². The van der Waals surface area contributed by atoms with Gasteiger partial charge in [0, 0.05) is 24.9 Å². The lowest BCUT2D eigenvalue weighted by Gasteiger charge is -2.29. The number of carbonyl (C=O) groups is 1. The maximum atomic E-state index is 13.3. The highest BCUT2D eigenvalue weighted by atomic mass is 19.2. The summed E-state index contributed by atoms with van der Waals surface area (Å²) in [6.45, 7) is 1.81. The summed E-state index contributed by atoms with van der Waals surface area (Å²) in [6, 6.07) is 5.28. The molecular weight excluding hydrogens is 322 g/mol. The molecule has 1 saturated heterocycles. The van der Waals surface area contributed by atoms with Crippen LogP contribution >= 0.6 is 0 Å². The summed E-state index contributed by atoms with van der Waals surface area (Å²) in [5, 5.41) is 13.0. The van der Waals surface area contributed by atoms with E-state index in [2.05, 4.69) is 10.5 Å². The van der Waals surface area contributed by atoms with E-state index in [0.29, 0.717) is 17.7 Å². The Morgan fingerprint density at radius 1 is 1.29 bits per heavy atom. The molecule has 8 heteroatoms. The third kappa shape index (κ3) is 4.76. The summed E-state index contributed by atoms with van der Waals surface area (Å²) >= 11 is 0. The molecule has 2 atom stereocenters. The number of hydrogen-bond donors (Lipinski definition) is 3. The molecule has 1 aromatic carbocycles. The summed E-state index contributed by atoms with van der Waals surface area (Å²) in [7, 11) is 0. The smallest absolute Gasteiger partial charge is 0.300 e. The van der Waals surface area contributed by atoms with Crippen molar-refractivity contribution in [3.05, 3.63) is 57.6 Å². The third-order valence-corrected chi connectivity index (χ3v) is 3.69. The Morgan fingerprint density at radius 3 is 2.58 bits per heavy atom. The van der Waals surface area contributed by atoms with E-state index >= 15 is 0 Å². The standard InChI is InChI=1S/C14H14F2N2O2.C2H4O2/c15-10-2-1-8(5-11(10)16)12-6-9(3-4-17-12)13-7-14(19)18-20-13;1-2(3)4/h1-2,5,7,9,12,17H,3-4,6H2,(H,18,19);1H3,(H,3,4)/t9-,12-;/m1./s1. The Bertz CT molecular complexity index is 753. The Kier molecular flexibility index (Phi) is 5.86. The van der Waals surface area contributed by atoms with Crippen molar-refractivity contribution < 1.29 is 23.2 Å². The number of hydrogen-bond acceptors (Lipinski definition) is 4. The number of H-pyrrole nitrogens is 1. The van der Waals surface area contributed by atoms with Gasteiger partial charge in [-0.15, -0.1) is 0 Å². The topological polar surface area (TPSA) is 95.3 Å². The van der Waals surface area contributed by atoms with Crippen molar-refractivity contribution in [2.75, 3.05) is 6.54 Å². The average molecular weight is 340 g/mol. The van der Waals surface area contributed by atoms with Crippen molar-refractivity contribution in [2.45, 2.75) is 31.7 Å². The number of aromatic amines is 1. The molecule has 0 bridgehead atoms. The van der Waals surface area contributed by atoms with Gasteiger partial charge in [-0.25, -0.2) is 8.78 Å². The molecule has 0 spiro atoms. The fraction of sp³-hybridized carbons (Fsp3) is 0.375. The first-order valence-electron chi connectivity index (χ1n) is 7.43. The zero-order chi connectivity index (χ0) is 17.7. The van der Waals surface area contributed by atoms with E-state index in [0.717, 1.165) is 26.0 Å². The Hall–Kier alpha value is -2.48. The number of carboxylic acids is 1. The average Bonchev–Trinajstić information content (AvgIpc) is 2.96. The number of piperidine rings is 1. The van der Waals surface area contributed by atoms with Crippen LogP contribution in [0, 0.1) is 11.6 Å². The highest BCUT2D eigenvalue weighted by Crippen LogP contribution is 2.33. The second-order valence-electron chi connectivity index (χ2n) is 5.54. The van der Waals surface area contributed by atoms with E-state index in [1.165, 1.54) is 12.1 Å². The largest absolute Gasteiger partial charge is 0.481 e. The van der Waals surface area contributed by atoms with E-state index in [1.54, 1.807) is 6.07 Å². The van der Waals surface area contributed by atoms with Crippen LogP contribution in [-0.4, -0.2) is 22.8 Å². The molecule has 24 heavy (non-hydrogen) atoms. The first kappa shape index (κ1) is 17.9. The first-order chi connectivity index (χ1) is 11.4. The molecule has 0 saturated carbocycles. The molecule has 1 aliphatic rings. The van der Waals surface area contributed by atoms with Crippen LogP contribution in [0.1, 0.15) is 43.0 Å². The fourth-order valence-electron chi connectivity index (χ4n) is 2.66. The van der Waals surface area contributed by atoms with Crippen LogP contribution in [0.2, 0.25) is 0 Å². The van der Waals surface area contributed by atoms with Crippen LogP contribution in [0.5, 0.6) is 0 Å². The normalized spacial score (nSPS) is 20.1. The Morgan fingerprint density at radius 2 is 2.00 bits per heavy atom. The summed E-state index contributed by atoms with van der Waals surface area (Å²) in [4.78, 5) is 20.1. The molecule has 1 aliphatic heterocycles. The highest BCUT2D eigenvalue weighted by molar-refractivity contribution is 5.62. The molecule has 0 aliphatic carbocycles. The van der Waals surface area contributed by atoms with E-state index < -0.39 is 17.6 Å². The third-order valence-electron chi connectivity index (χ3n) is 3.69. The molecule has 2 heterocycles. The van der Waals surface area contributed by atoms with Gasteiger partial charge < -0.3 is 14.9 Å². The van der Waals surface area contributed by atoms with Crippen molar-refractivity contribution in [3.63, 3.8) is 0 Å². The Labute approximate surface area is 136 Å². The van der Waals surface area contributed by atoms with Crippen LogP contribution in [0.3, 0.4) is 0 Å². The predicted octanol–water partition coefficient (Wildman–Crippen LogP) is 2.55. The first-order valence-corrected chi connectivity index (χ1v) is 7.43. The molecule has 2 aromatic rings. The lowest BCUT2D eigenvalue weighted by atomic mass is 9.87. The van der Waals surface area contributed by atoms with E-state index in [1.807, 2.05) is 0 Å². The van der Waals surface area contributed by atoms with Gasteiger partial charge in [0.2, 0.25) is 0 Å². The number of rotatable bonds is 2. The summed E-state index contributed by atoms with van der Waals surface area (Å²) in [6.07, 6.45) is 1.51. The van der Waals surface area contributed by atoms with Gasteiger partial charge in [-0.3, -0.25) is 9.59 Å². The number of aromatic nitrogens is 1. The van der Waals surface area contributed by atoms with E-state index in [4.69, 9.17) is 14.4 Å². The van der Waals surface area contributed by atoms with Crippen molar-refractivity contribution in [1.29, 1.82) is 0 Å². The molecule has 130 valence electrons. The predicted molar refractivity (Wildman–Crippen MR) is 81.7 cm³/mol. The molecule has 3 N–H and O–H groups in total. The van der Waals surface area contributed by atoms with E-state index in [-0.39, 0.29) is 17.5 Å². The maximum absolute atomic E-state index is 13.3. The lowest BCUT2D eigenvalue weighted by molar-refractivity contribution is -0.134. The van der Waals surface area contributed by atoms with E-state index in [9.17, 15) is 13.6 Å². The molecule has 6 nitrogen and oxygen atoms in total. The quantitative estimate of drug-likeness (QED) is 0.781. The van der Waals surface area contributed by atoms with Gasteiger partial charge in [-0.05, 0) is 37.1 Å². The molecule has 1 aromatic heterocycles. The summed E-state index contributed by atoms with van der Waals surface area (Å²) in [5.74, 6) is -1.82. The van der Waals surface area contributed by atoms with Crippen LogP contribution in [0.4, 0.5) is 8.78 Å². The molecule has 0 radical (unpaired) electrons. The van der Waals surface area contributed by atoms with Crippen molar-refractivity contribution in [2.24, 2.45) is 0 Å². The van der Waals surface area contributed by atoms with Crippen LogP contribution in [0.15, 0.2) is 33.6 Å². The molecule has 0 unspecified atom stereocenters. The van der Waals surface area contributed by atoms with Gasteiger partial charge in [0.1, 0.15) is 5.76 Å². The van der Waals surface area contributed by atoms with Gasteiger partial charge >= 0.3 is 0 Å². The van der Waals surface area contributed by atoms with Gasteiger partial charge in [0.25, 0.3) is 11.5 Å². The Balaban J connectivity index is 0.000000471. The highest BCUT2D eigenvalue weighted by Gasteiger charge is 2.26. The molecule has 1 fully saturated rings. The van der Waals surface area contributed by atoms with Crippen LogP contribution in [-0.2, 0) is 4.79 Å². The molecule has 3 rings (SSSR count). The number of benzene rings is 1. The summed E-state index contributed by atoms with van der Waals surface area (Å²) in [5.41, 5.74) is 0.439. The fourth-order valence-corrected chi connectivity index (χ4v) is 2.66. The minimum atomic E-state index is -0.849. The van der Waals surface area contributed by atoms with Gasteiger partial charge in [0.15, 0.2) is 11.6 Å². The number of aliphatic carboxylic acids is 1. The number of carboxylic acid groups (broad SMARTS) is 1. The lowest BCUT2D eigenvalue weighted by Crippen LogP contribution is -2.31. The molecular formula is C16H18F2N2O4. The minimum Gasteiger partial charge on any atom is -0.481 e. The molecule has 0 amide bonds. The SMILES string of the molecule is CC(=O)O.O=c1cc([C@@H]2CCN[C@@H](c3ccc(F)c(F)c3)C2)o[nH]1. The van der Waals surface area contributed by atoms with Crippen molar-refractivity contribution in [3.8, 4) is 0 Å². The minimum absolute atomic E-state index is 0.0796. The van der Waals surface area contributed by atoms with Crippen molar-refractivity contribution in [1.82, 2.24) is 10.5 Å². The zero-order valence-electron chi connectivity index (χ0n) is 13.0. The zero-order valence-corrected chi connectivity index (χ0v) is 13.0. The monoisotopic (exact) mass is 340 g/mol.